The normalized spacial score (nSPS) is 16.6. The van der Waals surface area contributed by atoms with Crippen molar-refractivity contribution in [1.29, 1.82) is 0 Å². The fraction of sp³-hybridized carbons (Fsp3) is 0.286. The van der Waals surface area contributed by atoms with Crippen molar-refractivity contribution in [2.45, 2.75) is 19.8 Å². The van der Waals surface area contributed by atoms with Crippen molar-refractivity contribution in [3.63, 3.8) is 0 Å². The Morgan fingerprint density at radius 3 is 2.52 bits per heavy atom. The lowest BCUT2D eigenvalue weighted by Gasteiger charge is -2.31. The van der Waals surface area contributed by atoms with Crippen molar-refractivity contribution in [1.82, 2.24) is 4.90 Å². The summed E-state index contributed by atoms with van der Waals surface area (Å²) in [5.74, 6) is -1.19. The van der Waals surface area contributed by atoms with E-state index < -0.39 is 17.8 Å². The zero-order chi connectivity index (χ0) is 19.4. The SMILES string of the molecule is Cc1ccc(C(=O)N2CCCC(C(=O)Oc3cccc(C(N)=O)c3)C2)cc1. The largest absolute Gasteiger partial charge is 0.426 e. The van der Waals surface area contributed by atoms with Crippen molar-refractivity contribution < 1.29 is 19.1 Å². The van der Waals surface area contributed by atoms with Gasteiger partial charge in [-0.2, -0.15) is 0 Å². The first kappa shape index (κ1) is 18.6. The Morgan fingerprint density at radius 2 is 1.81 bits per heavy atom. The van der Waals surface area contributed by atoms with E-state index in [-0.39, 0.29) is 17.2 Å². The molecule has 6 heteroatoms. The Labute approximate surface area is 157 Å². The molecule has 0 radical (unpaired) electrons. The number of piperidine rings is 1. The van der Waals surface area contributed by atoms with Crippen LogP contribution in [0.15, 0.2) is 48.5 Å². The van der Waals surface area contributed by atoms with Crippen molar-refractivity contribution >= 4 is 17.8 Å². The van der Waals surface area contributed by atoms with Gasteiger partial charge >= 0.3 is 5.97 Å². The molecule has 2 aromatic rings. The predicted molar refractivity (Wildman–Crippen MR) is 100 cm³/mol. The molecule has 0 aromatic heterocycles. The molecule has 1 saturated heterocycles. The molecular formula is C21H22N2O4. The Morgan fingerprint density at radius 1 is 1.07 bits per heavy atom. The van der Waals surface area contributed by atoms with E-state index in [4.69, 9.17) is 10.5 Å². The highest BCUT2D eigenvalue weighted by Gasteiger charge is 2.30. The first-order valence-corrected chi connectivity index (χ1v) is 8.91. The van der Waals surface area contributed by atoms with Gasteiger partial charge in [0.05, 0.1) is 5.92 Å². The van der Waals surface area contributed by atoms with E-state index in [2.05, 4.69) is 0 Å². The number of likely N-dealkylation sites (tertiary alicyclic amines) is 1. The van der Waals surface area contributed by atoms with Crippen LogP contribution in [-0.2, 0) is 4.79 Å². The van der Waals surface area contributed by atoms with E-state index >= 15 is 0 Å². The summed E-state index contributed by atoms with van der Waals surface area (Å²) in [5, 5.41) is 0. The first-order chi connectivity index (χ1) is 12.9. The summed E-state index contributed by atoms with van der Waals surface area (Å²) in [6.45, 7) is 2.91. The van der Waals surface area contributed by atoms with Gasteiger partial charge in [-0.1, -0.05) is 23.8 Å². The molecule has 140 valence electrons. The number of esters is 1. The van der Waals surface area contributed by atoms with Crippen LogP contribution < -0.4 is 10.5 Å². The fourth-order valence-electron chi connectivity index (χ4n) is 3.15. The van der Waals surface area contributed by atoms with Gasteiger partial charge in [-0.3, -0.25) is 14.4 Å². The highest BCUT2D eigenvalue weighted by molar-refractivity contribution is 5.95. The van der Waals surface area contributed by atoms with Crippen LogP contribution in [0.25, 0.3) is 0 Å². The first-order valence-electron chi connectivity index (χ1n) is 8.91. The van der Waals surface area contributed by atoms with Crippen LogP contribution >= 0.6 is 0 Å². The molecule has 3 rings (SSSR count). The Balaban J connectivity index is 1.66. The zero-order valence-electron chi connectivity index (χ0n) is 15.2. The number of benzene rings is 2. The predicted octanol–water partition coefficient (Wildman–Crippen LogP) is 2.55. The molecule has 0 bridgehead atoms. The monoisotopic (exact) mass is 366 g/mol. The topological polar surface area (TPSA) is 89.7 Å². The number of carbonyl (C=O) groups is 3. The maximum Gasteiger partial charge on any atom is 0.316 e. The smallest absolute Gasteiger partial charge is 0.316 e. The molecule has 2 N–H and O–H groups in total. The molecule has 1 unspecified atom stereocenters. The molecule has 0 aliphatic carbocycles. The number of nitrogens with zero attached hydrogens (tertiary/aromatic N) is 1. The summed E-state index contributed by atoms with van der Waals surface area (Å²) in [5.41, 5.74) is 7.23. The number of rotatable bonds is 4. The highest BCUT2D eigenvalue weighted by atomic mass is 16.5. The van der Waals surface area contributed by atoms with Crippen LogP contribution in [-0.4, -0.2) is 35.8 Å². The Kier molecular flexibility index (Phi) is 5.54. The molecule has 1 heterocycles. The van der Waals surface area contributed by atoms with Crippen molar-refractivity contribution in [2.24, 2.45) is 11.7 Å². The maximum atomic E-state index is 12.7. The third-order valence-corrected chi connectivity index (χ3v) is 4.68. The number of hydrogen-bond donors (Lipinski definition) is 1. The minimum Gasteiger partial charge on any atom is -0.426 e. The standard InChI is InChI=1S/C21H22N2O4/c1-14-7-9-15(10-8-14)20(25)23-11-3-5-17(13-23)21(26)27-18-6-2-4-16(12-18)19(22)24/h2,4,6-10,12,17H,3,5,11,13H2,1H3,(H2,22,24). The minimum atomic E-state index is -0.583. The molecule has 27 heavy (non-hydrogen) atoms. The second-order valence-electron chi connectivity index (χ2n) is 6.77. The van der Waals surface area contributed by atoms with Crippen LogP contribution in [0.4, 0.5) is 0 Å². The van der Waals surface area contributed by atoms with Gasteiger partial charge in [0.2, 0.25) is 5.91 Å². The average molecular weight is 366 g/mol. The number of hydrogen-bond acceptors (Lipinski definition) is 4. The number of aryl methyl sites for hydroxylation is 1. The van der Waals surface area contributed by atoms with Crippen molar-refractivity contribution in [3.05, 3.63) is 65.2 Å². The quantitative estimate of drug-likeness (QED) is 0.665. The van der Waals surface area contributed by atoms with Crippen LogP contribution in [0.5, 0.6) is 5.75 Å². The molecule has 2 aromatic carbocycles. The molecular weight excluding hydrogens is 344 g/mol. The van der Waals surface area contributed by atoms with E-state index in [0.29, 0.717) is 25.1 Å². The number of carbonyl (C=O) groups excluding carboxylic acids is 3. The summed E-state index contributed by atoms with van der Waals surface area (Å²) in [4.78, 5) is 38.1. The number of nitrogens with two attached hydrogens (primary N) is 1. The van der Waals surface area contributed by atoms with Gasteiger partial charge in [-0.25, -0.2) is 0 Å². The van der Waals surface area contributed by atoms with Crippen molar-refractivity contribution in [2.75, 3.05) is 13.1 Å². The molecule has 1 atom stereocenters. The molecule has 1 fully saturated rings. The molecule has 0 saturated carbocycles. The minimum absolute atomic E-state index is 0.0803. The lowest BCUT2D eigenvalue weighted by Crippen LogP contribution is -2.43. The van der Waals surface area contributed by atoms with E-state index in [1.165, 1.54) is 6.07 Å². The van der Waals surface area contributed by atoms with Crippen LogP contribution in [0.2, 0.25) is 0 Å². The third kappa shape index (κ3) is 4.53. The van der Waals surface area contributed by atoms with Crippen LogP contribution in [0.3, 0.4) is 0 Å². The molecule has 2 amide bonds. The summed E-state index contributed by atoms with van der Waals surface area (Å²) in [6.07, 6.45) is 1.39. The summed E-state index contributed by atoms with van der Waals surface area (Å²) < 4.78 is 5.41. The summed E-state index contributed by atoms with van der Waals surface area (Å²) in [7, 11) is 0. The lowest BCUT2D eigenvalue weighted by atomic mass is 9.97. The van der Waals surface area contributed by atoms with Gasteiger partial charge < -0.3 is 15.4 Å². The van der Waals surface area contributed by atoms with Crippen LogP contribution in [0.1, 0.15) is 39.1 Å². The second-order valence-corrected chi connectivity index (χ2v) is 6.77. The maximum absolute atomic E-state index is 12.7. The molecule has 6 nitrogen and oxygen atoms in total. The lowest BCUT2D eigenvalue weighted by molar-refractivity contribution is -0.140. The highest BCUT2D eigenvalue weighted by Crippen LogP contribution is 2.22. The van der Waals surface area contributed by atoms with Gasteiger partial charge in [-0.15, -0.1) is 0 Å². The van der Waals surface area contributed by atoms with Crippen LogP contribution in [0, 0.1) is 12.8 Å². The van der Waals surface area contributed by atoms with E-state index in [0.717, 1.165) is 12.0 Å². The Hall–Kier alpha value is -3.15. The summed E-state index contributed by atoms with van der Waals surface area (Å²) >= 11 is 0. The van der Waals surface area contributed by atoms with E-state index in [1.54, 1.807) is 35.2 Å². The molecule has 1 aliphatic rings. The zero-order valence-corrected chi connectivity index (χ0v) is 15.2. The number of ether oxygens (including phenoxy) is 1. The van der Waals surface area contributed by atoms with Gasteiger partial charge in [0, 0.05) is 24.2 Å². The van der Waals surface area contributed by atoms with E-state index in [9.17, 15) is 14.4 Å². The second kappa shape index (κ2) is 8.03. The molecule has 1 aliphatic heterocycles. The number of primary amides is 1. The fourth-order valence-corrected chi connectivity index (χ4v) is 3.15. The molecule has 0 spiro atoms. The van der Waals surface area contributed by atoms with Crippen molar-refractivity contribution in [3.8, 4) is 5.75 Å². The van der Waals surface area contributed by atoms with Gasteiger partial charge in [-0.05, 0) is 50.1 Å². The third-order valence-electron chi connectivity index (χ3n) is 4.68. The van der Waals surface area contributed by atoms with E-state index in [1.807, 2.05) is 19.1 Å². The summed E-state index contributed by atoms with van der Waals surface area (Å²) in [6, 6.07) is 13.6. The van der Waals surface area contributed by atoms with Gasteiger partial charge in [0.15, 0.2) is 0 Å². The van der Waals surface area contributed by atoms with Gasteiger partial charge in [0.25, 0.3) is 5.91 Å². The van der Waals surface area contributed by atoms with Gasteiger partial charge in [0.1, 0.15) is 5.75 Å². The number of amides is 2. The average Bonchev–Trinajstić information content (AvgIpc) is 2.68. The Bertz CT molecular complexity index is 861.